The molecule has 3 rings (SSSR count). The van der Waals surface area contributed by atoms with Gasteiger partial charge in [0.2, 0.25) is 0 Å². The Morgan fingerprint density at radius 3 is 2.72 bits per heavy atom. The van der Waals surface area contributed by atoms with Gasteiger partial charge in [-0.05, 0) is 99.5 Å². The molecule has 0 aromatic carbocycles. The Bertz CT molecular complexity index is 666. The first-order chi connectivity index (χ1) is 13.6. The van der Waals surface area contributed by atoms with Gasteiger partial charge >= 0.3 is 0 Å². The monoisotopic (exact) mass is 400 g/mol. The third kappa shape index (κ3) is 5.07. The molecular weight excluding hydrogens is 356 g/mol. The molecule has 5 atom stereocenters. The van der Waals surface area contributed by atoms with Crippen LogP contribution < -0.4 is 0 Å². The van der Waals surface area contributed by atoms with Gasteiger partial charge in [-0.25, -0.2) is 0 Å². The summed E-state index contributed by atoms with van der Waals surface area (Å²) in [6.07, 6.45) is 17.5. The zero-order chi connectivity index (χ0) is 21.2. The lowest BCUT2D eigenvalue weighted by molar-refractivity contribution is -0.0627. The summed E-state index contributed by atoms with van der Waals surface area (Å²) in [7, 11) is 0. The van der Waals surface area contributed by atoms with E-state index in [2.05, 4.69) is 52.8 Å². The Morgan fingerprint density at radius 2 is 2.00 bits per heavy atom. The van der Waals surface area contributed by atoms with E-state index in [1.165, 1.54) is 36.0 Å². The predicted octanol–water partition coefficient (Wildman–Crippen LogP) is 6.73. The molecular formula is C27H44O2. The van der Waals surface area contributed by atoms with E-state index in [1.807, 2.05) is 0 Å². The quantitative estimate of drug-likeness (QED) is 0.497. The number of allylic oxidation sites excluding steroid dienone is 5. The van der Waals surface area contributed by atoms with Crippen LogP contribution in [0.5, 0.6) is 0 Å². The first-order valence-corrected chi connectivity index (χ1v) is 12.1. The molecule has 0 saturated heterocycles. The molecule has 1 fully saturated rings. The zero-order valence-electron chi connectivity index (χ0n) is 19.5. The summed E-state index contributed by atoms with van der Waals surface area (Å²) in [5.41, 5.74) is 3.87. The van der Waals surface area contributed by atoms with Crippen molar-refractivity contribution in [3.63, 3.8) is 0 Å². The summed E-state index contributed by atoms with van der Waals surface area (Å²) >= 11 is 0. The first kappa shape index (κ1) is 22.8. The van der Waals surface area contributed by atoms with Crippen molar-refractivity contribution in [1.82, 2.24) is 0 Å². The smallest absolute Gasteiger partial charge is 0.0653 e. The van der Waals surface area contributed by atoms with Crippen LogP contribution in [0.25, 0.3) is 0 Å². The molecule has 164 valence electrons. The molecule has 0 aromatic rings. The van der Waals surface area contributed by atoms with Crippen LogP contribution in [0.3, 0.4) is 0 Å². The second kappa shape index (κ2) is 9.10. The van der Waals surface area contributed by atoms with Gasteiger partial charge in [0.05, 0.1) is 11.7 Å². The van der Waals surface area contributed by atoms with Crippen molar-refractivity contribution in [2.45, 2.75) is 111 Å². The van der Waals surface area contributed by atoms with E-state index < -0.39 is 5.60 Å². The van der Waals surface area contributed by atoms with Gasteiger partial charge in [-0.1, -0.05) is 57.4 Å². The SMILES string of the molecule is CC1=C(C=CC2=CCC[C@@]3(C)[C@H]2CC[C@@H]3[C@@](C)(O)CCCC(C)C)C[C@@H](O)CC1. The Kier molecular flexibility index (Phi) is 7.16. The second-order valence-electron chi connectivity index (χ2n) is 11.1. The third-order valence-corrected chi connectivity index (χ3v) is 8.35. The van der Waals surface area contributed by atoms with E-state index in [4.69, 9.17) is 0 Å². The highest BCUT2D eigenvalue weighted by atomic mass is 16.3. The molecule has 2 N–H and O–H groups in total. The summed E-state index contributed by atoms with van der Waals surface area (Å²) in [5.74, 6) is 1.66. The summed E-state index contributed by atoms with van der Waals surface area (Å²) in [5, 5.41) is 21.5. The molecule has 0 radical (unpaired) electrons. The minimum Gasteiger partial charge on any atom is -0.393 e. The van der Waals surface area contributed by atoms with Crippen LogP contribution in [0.2, 0.25) is 0 Å². The van der Waals surface area contributed by atoms with Crippen LogP contribution in [0.1, 0.15) is 98.8 Å². The van der Waals surface area contributed by atoms with Crippen molar-refractivity contribution in [1.29, 1.82) is 0 Å². The molecule has 3 aliphatic carbocycles. The molecule has 0 aromatic heterocycles. The van der Waals surface area contributed by atoms with Gasteiger partial charge in [0, 0.05) is 0 Å². The molecule has 0 aliphatic heterocycles. The van der Waals surface area contributed by atoms with Gasteiger partial charge < -0.3 is 10.2 Å². The van der Waals surface area contributed by atoms with Gasteiger partial charge in [-0.2, -0.15) is 0 Å². The topological polar surface area (TPSA) is 40.5 Å². The maximum absolute atomic E-state index is 11.4. The summed E-state index contributed by atoms with van der Waals surface area (Å²) in [4.78, 5) is 0. The molecule has 0 unspecified atom stereocenters. The summed E-state index contributed by atoms with van der Waals surface area (Å²) in [6, 6.07) is 0. The van der Waals surface area contributed by atoms with Crippen LogP contribution in [-0.4, -0.2) is 21.9 Å². The molecule has 2 nitrogen and oxygen atoms in total. The van der Waals surface area contributed by atoms with E-state index in [1.54, 1.807) is 0 Å². The Morgan fingerprint density at radius 1 is 1.24 bits per heavy atom. The largest absolute Gasteiger partial charge is 0.393 e. The average molecular weight is 401 g/mol. The van der Waals surface area contributed by atoms with Crippen molar-refractivity contribution in [3.8, 4) is 0 Å². The number of aliphatic hydroxyl groups is 2. The van der Waals surface area contributed by atoms with Crippen molar-refractivity contribution in [2.75, 3.05) is 0 Å². The molecule has 0 amide bonds. The van der Waals surface area contributed by atoms with Crippen molar-refractivity contribution in [3.05, 3.63) is 34.9 Å². The highest BCUT2D eigenvalue weighted by Gasteiger charge is 2.54. The maximum atomic E-state index is 11.4. The lowest BCUT2D eigenvalue weighted by atomic mass is 9.60. The summed E-state index contributed by atoms with van der Waals surface area (Å²) in [6.45, 7) is 11.3. The molecule has 0 heterocycles. The fourth-order valence-corrected chi connectivity index (χ4v) is 6.55. The highest BCUT2D eigenvalue weighted by Crippen LogP contribution is 2.59. The molecule has 3 aliphatic rings. The van der Waals surface area contributed by atoms with Crippen LogP contribution in [0, 0.1) is 23.2 Å². The predicted molar refractivity (Wildman–Crippen MR) is 123 cm³/mol. The Balaban J connectivity index is 1.72. The Labute approximate surface area is 179 Å². The van der Waals surface area contributed by atoms with Gasteiger partial charge in [-0.3, -0.25) is 0 Å². The molecule has 29 heavy (non-hydrogen) atoms. The van der Waals surface area contributed by atoms with E-state index in [0.717, 1.165) is 44.9 Å². The van der Waals surface area contributed by atoms with Gasteiger partial charge in [0.1, 0.15) is 0 Å². The maximum Gasteiger partial charge on any atom is 0.0653 e. The fourth-order valence-electron chi connectivity index (χ4n) is 6.55. The molecule has 1 saturated carbocycles. The number of fused-ring (bicyclic) bond motifs is 1. The van der Waals surface area contributed by atoms with E-state index in [-0.39, 0.29) is 11.5 Å². The van der Waals surface area contributed by atoms with Crippen LogP contribution >= 0.6 is 0 Å². The third-order valence-electron chi connectivity index (χ3n) is 8.35. The number of aliphatic hydroxyl groups excluding tert-OH is 1. The standard InChI is InChI=1S/C27H44O2/c1-19(2)8-6-17-27(5,29)25-15-14-24-21(9-7-16-26(24,25)4)11-12-22-18-23(28)13-10-20(22)3/h9,11-12,19,23-25,28-29H,6-8,10,13-18H2,1-5H3/t23-,24-,25-,26-,27-/m0/s1. The van der Waals surface area contributed by atoms with E-state index >= 15 is 0 Å². The van der Waals surface area contributed by atoms with Gasteiger partial charge in [0.25, 0.3) is 0 Å². The fraction of sp³-hybridized carbons (Fsp3) is 0.778. The van der Waals surface area contributed by atoms with E-state index in [0.29, 0.717) is 17.8 Å². The van der Waals surface area contributed by atoms with Gasteiger partial charge in [-0.15, -0.1) is 0 Å². The van der Waals surface area contributed by atoms with Crippen molar-refractivity contribution in [2.24, 2.45) is 23.2 Å². The summed E-state index contributed by atoms with van der Waals surface area (Å²) < 4.78 is 0. The van der Waals surface area contributed by atoms with Crippen LogP contribution in [-0.2, 0) is 0 Å². The average Bonchev–Trinajstić information content (AvgIpc) is 3.00. The Hall–Kier alpha value is -0.860. The molecule has 0 bridgehead atoms. The van der Waals surface area contributed by atoms with Crippen molar-refractivity contribution < 1.29 is 10.2 Å². The lowest BCUT2D eigenvalue weighted by Gasteiger charge is -2.46. The van der Waals surface area contributed by atoms with Crippen molar-refractivity contribution >= 4 is 0 Å². The minimum atomic E-state index is -0.558. The first-order valence-electron chi connectivity index (χ1n) is 12.1. The molecule has 0 spiro atoms. The highest BCUT2D eigenvalue weighted by molar-refractivity contribution is 5.36. The molecule has 2 heteroatoms. The van der Waals surface area contributed by atoms with Gasteiger partial charge in [0.15, 0.2) is 0 Å². The number of hydrogen-bond acceptors (Lipinski definition) is 2. The van der Waals surface area contributed by atoms with Crippen LogP contribution in [0.15, 0.2) is 34.9 Å². The minimum absolute atomic E-state index is 0.180. The second-order valence-corrected chi connectivity index (χ2v) is 11.1. The van der Waals surface area contributed by atoms with E-state index in [9.17, 15) is 10.2 Å². The lowest BCUT2D eigenvalue weighted by Crippen LogP contribution is -2.44. The number of hydrogen-bond donors (Lipinski definition) is 2. The normalized spacial score (nSPS) is 35.2. The van der Waals surface area contributed by atoms with Crippen LogP contribution in [0.4, 0.5) is 0 Å². The number of rotatable bonds is 7. The zero-order valence-corrected chi connectivity index (χ0v) is 19.5.